The molecule has 0 saturated heterocycles. The van der Waals surface area contributed by atoms with E-state index >= 15 is 0 Å². The predicted molar refractivity (Wildman–Crippen MR) is 134 cm³/mol. The first kappa shape index (κ1) is 22.0. The second kappa shape index (κ2) is 9.51. The van der Waals surface area contributed by atoms with Gasteiger partial charge in [-0.2, -0.15) is 0 Å². The number of halogens is 1. The van der Waals surface area contributed by atoms with E-state index in [9.17, 15) is 4.79 Å². The Kier molecular flexibility index (Phi) is 6.53. The second-order valence-electron chi connectivity index (χ2n) is 7.61. The van der Waals surface area contributed by atoms with E-state index in [-0.39, 0.29) is 18.3 Å². The van der Waals surface area contributed by atoms with Crippen molar-refractivity contribution in [1.29, 1.82) is 0 Å². The Morgan fingerprint density at radius 3 is 2.78 bits per heavy atom. The summed E-state index contributed by atoms with van der Waals surface area (Å²) >= 11 is 1.57. The average molecular weight is 463 g/mol. The molecule has 5 aromatic rings. The number of imidazole rings is 1. The average Bonchev–Trinajstić information content (AvgIpc) is 3.45. The highest BCUT2D eigenvalue weighted by molar-refractivity contribution is 7.22. The largest absolute Gasteiger partial charge is 0.337 e. The van der Waals surface area contributed by atoms with Crippen LogP contribution in [-0.4, -0.2) is 27.0 Å². The van der Waals surface area contributed by atoms with Crippen LogP contribution in [0.15, 0.2) is 79.4 Å². The van der Waals surface area contributed by atoms with Gasteiger partial charge in [0.25, 0.3) is 5.91 Å². The van der Waals surface area contributed by atoms with E-state index in [1.807, 2.05) is 64.2 Å². The van der Waals surface area contributed by atoms with Gasteiger partial charge in [0, 0.05) is 31.0 Å². The Bertz CT molecular complexity index is 1360. The molecule has 162 valence electrons. The summed E-state index contributed by atoms with van der Waals surface area (Å²) in [5, 5.41) is 2.77. The Hall–Kier alpha value is -3.22. The molecule has 0 fully saturated rings. The van der Waals surface area contributed by atoms with Gasteiger partial charge in [0.1, 0.15) is 0 Å². The summed E-state index contributed by atoms with van der Waals surface area (Å²) in [5.41, 5.74) is 2.82. The van der Waals surface area contributed by atoms with Crippen LogP contribution in [0, 0.1) is 6.92 Å². The van der Waals surface area contributed by atoms with Crippen molar-refractivity contribution in [3.63, 3.8) is 0 Å². The summed E-state index contributed by atoms with van der Waals surface area (Å²) in [5.74, 6) is -0.0155. The zero-order valence-electron chi connectivity index (χ0n) is 17.6. The molecule has 5 rings (SSSR count). The molecule has 7 heteroatoms. The lowest BCUT2D eigenvalue weighted by molar-refractivity contribution is 0.0988. The number of thiazole rings is 1. The summed E-state index contributed by atoms with van der Waals surface area (Å²) in [7, 11) is 0. The fourth-order valence-electron chi connectivity index (χ4n) is 3.81. The second-order valence-corrected chi connectivity index (χ2v) is 8.61. The van der Waals surface area contributed by atoms with Crippen molar-refractivity contribution in [3.05, 3.63) is 90.5 Å². The normalized spacial score (nSPS) is 10.9. The summed E-state index contributed by atoms with van der Waals surface area (Å²) in [6.45, 7) is 3.45. The molecule has 0 aliphatic rings. The lowest BCUT2D eigenvalue weighted by atomic mass is 10.0. The fraction of sp³-hybridized carbons (Fsp3) is 0.160. The number of rotatable bonds is 6. The van der Waals surface area contributed by atoms with Gasteiger partial charge < -0.3 is 4.57 Å². The quantitative estimate of drug-likeness (QED) is 0.305. The lowest BCUT2D eigenvalue weighted by Crippen LogP contribution is -2.32. The first-order valence-corrected chi connectivity index (χ1v) is 11.1. The molecule has 0 saturated carbocycles. The van der Waals surface area contributed by atoms with Crippen molar-refractivity contribution in [2.75, 3.05) is 11.4 Å². The third kappa shape index (κ3) is 4.38. The minimum Gasteiger partial charge on any atom is -0.337 e. The predicted octanol–water partition coefficient (Wildman–Crippen LogP) is 6.11. The van der Waals surface area contributed by atoms with Crippen molar-refractivity contribution in [2.45, 2.75) is 19.9 Å². The van der Waals surface area contributed by atoms with E-state index in [4.69, 9.17) is 4.98 Å². The van der Waals surface area contributed by atoms with Crippen molar-refractivity contribution in [1.82, 2.24) is 14.5 Å². The number of benzene rings is 3. The molecule has 3 aromatic carbocycles. The highest BCUT2D eigenvalue weighted by Crippen LogP contribution is 2.31. The van der Waals surface area contributed by atoms with Crippen LogP contribution >= 0.6 is 23.7 Å². The zero-order valence-corrected chi connectivity index (χ0v) is 19.3. The van der Waals surface area contributed by atoms with E-state index in [0.717, 1.165) is 39.1 Å². The van der Waals surface area contributed by atoms with Gasteiger partial charge in [-0.15, -0.1) is 12.4 Å². The minimum absolute atomic E-state index is 0. The maximum absolute atomic E-state index is 13.8. The molecule has 0 radical (unpaired) electrons. The number of carbonyl (C=O) groups excluding carboxylic acids is 1. The summed E-state index contributed by atoms with van der Waals surface area (Å²) in [6, 6.07) is 20.1. The first-order chi connectivity index (χ1) is 15.2. The molecule has 2 aromatic heterocycles. The Morgan fingerprint density at radius 1 is 1.09 bits per heavy atom. The number of carbonyl (C=O) groups is 1. The standard InChI is InChI=1S/C25H22N4OS.ClH/c1-18-10-11-22-23(16-18)31-25(27-22)29(14-5-13-28-15-12-26-17-28)24(30)21-9-4-7-19-6-2-3-8-20(19)21;/h2-4,6-12,15-17H,5,13-14H2,1H3;1H. The smallest absolute Gasteiger partial charge is 0.260 e. The van der Waals surface area contributed by atoms with Gasteiger partial charge >= 0.3 is 0 Å². The fourth-order valence-corrected chi connectivity index (χ4v) is 4.90. The maximum Gasteiger partial charge on any atom is 0.260 e. The van der Waals surface area contributed by atoms with E-state index in [0.29, 0.717) is 12.1 Å². The molecule has 5 nitrogen and oxygen atoms in total. The molecule has 0 aliphatic heterocycles. The van der Waals surface area contributed by atoms with E-state index < -0.39 is 0 Å². The van der Waals surface area contributed by atoms with Crippen LogP contribution in [0.3, 0.4) is 0 Å². The number of anilines is 1. The topological polar surface area (TPSA) is 51.0 Å². The highest BCUT2D eigenvalue weighted by atomic mass is 35.5. The number of aromatic nitrogens is 3. The molecule has 2 heterocycles. The minimum atomic E-state index is -0.0155. The van der Waals surface area contributed by atoms with Crippen LogP contribution in [0.2, 0.25) is 0 Å². The molecule has 0 aliphatic carbocycles. The number of hydrogen-bond donors (Lipinski definition) is 0. The summed E-state index contributed by atoms with van der Waals surface area (Å²) < 4.78 is 3.13. The molecule has 0 atom stereocenters. The van der Waals surface area contributed by atoms with Crippen molar-refractivity contribution >= 4 is 55.8 Å². The van der Waals surface area contributed by atoms with Crippen LogP contribution in [0.5, 0.6) is 0 Å². The van der Waals surface area contributed by atoms with Crippen LogP contribution in [-0.2, 0) is 6.54 Å². The third-order valence-corrected chi connectivity index (χ3v) is 6.43. The molecular weight excluding hydrogens is 440 g/mol. The number of hydrogen-bond acceptors (Lipinski definition) is 4. The Labute approximate surface area is 196 Å². The van der Waals surface area contributed by atoms with Crippen LogP contribution < -0.4 is 4.90 Å². The number of amides is 1. The van der Waals surface area contributed by atoms with Crippen LogP contribution in [0.25, 0.3) is 21.0 Å². The molecule has 32 heavy (non-hydrogen) atoms. The zero-order chi connectivity index (χ0) is 21.2. The molecule has 0 spiro atoms. The number of nitrogens with zero attached hydrogens (tertiary/aromatic N) is 4. The van der Waals surface area contributed by atoms with Crippen molar-refractivity contribution < 1.29 is 4.79 Å². The Balaban J connectivity index is 0.00000245. The van der Waals surface area contributed by atoms with Crippen LogP contribution in [0.4, 0.5) is 5.13 Å². The van der Waals surface area contributed by atoms with Crippen molar-refractivity contribution in [3.8, 4) is 0 Å². The van der Waals surface area contributed by atoms with Gasteiger partial charge in [-0.05, 0) is 47.9 Å². The molecule has 1 amide bonds. The van der Waals surface area contributed by atoms with Gasteiger partial charge in [0.05, 0.1) is 16.5 Å². The number of fused-ring (bicyclic) bond motifs is 2. The maximum atomic E-state index is 13.8. The van der Waals surface area contributed by atoms with E-state index in [2.05, 4.69) is 24.0 Å². The van der Waals surface area contributed by atoms with Crippen molar-refractivity contribution in [2.24, 2.45) is 0 Å². The van der Waals surface area contributed by atoms with Gasteiger partial charge in [0.2, 0.25) is 0 Å². The summed E-state index contributed by atoms with van der Waals surface area (Å²) in [6.07, 6.45) is 6.32. The highest BCUT2D eigenvalue weighted by Gasteiger charge is 2.22. The lowest BCUT2D eigenvalue weighted by Gasteiger charge is -2.21. The molecule has 0 unspecified atom stereocenters. The van der Waals surface area contributed by atoms with Gasteiger partial charge in [-0.25, -0.2) is 9.97 Å². The monoisotopic (exact) mass is 462 g/mol. The van der Waals surface area contributed by atoms with Gasteiger partial charge in [0.15, 0.2) is 5.13 Å². The van der Waals surface area contributed by atoms with E-state index in [1.54, 1.807) is 23.9 Å². The Morgan fingerprint density at radius 2 is 1.94 bits per heavy atom. The molecule has 0 N–H and O–H groups in total. The first-order valence-electron chi connectivity index (χ1n) is 10.3. The van der Waals surface area contributed by atoms with Crippen LogP contribution in [0.1, 0.15) is 22.3 Å². The SMILES string of the molecule is Cc1ccc2nc(N(CCCn3ccnc3)C(=O)c3cccc4ccccc34)sc2c1.Cl. The molecule has 0 bridgehead atoms. The molecular formula is C25H23ClN4OS. The van der Waals surface area contributed by atoms with E-state index in [1.165, 1.54) is 5.56 Å². The van der Waals surface area contributed by atoms with Gasteiger partial charge in [-0.3, -0.25) is 9.69 Å². The summed E-state index contributed by atoms with van der Waals surface area (Å²) in [4.78, 5) is 24.5. The third-order valence-electron chi connectivity index (χ3n) is 5.39. The number of aryl methyl sites for hydroxylation is 2. The van der Waals surface area contributed by atoms with Gasteiger partial charge in [-0.1, -0.05) is 53.8 Å².